The molecule has 0 spiro atoms. The van der Waals surface area contributed by atoms with E-state index in [0.717, 1.165) is 42.7 Å². The van der Waals surface area contributed by atoms with Gasteiger partial charge in [-0.05, 0) is 56.0 Å². The molecule has 1 amide bonds. The van der Waals surface area contributed by atoms with Gasteiger partial charge in [0, 0.05) is 44.5 Å². The molecule has 1 N–H and O–H groups in total. The van der Waals surface area contributed by atoms with Crippen LogP contribution in [0.3, 0.4) is 0 Å². The number of hydrogen-bond acceptors (Lipinski definition) is 3. The largest absolute Gasteiger partial charge is 0.378 e. The molecular weight excluding hydrogens is 286 g/mol. The molecule has 0 aliphatic carbocycles. The molecule has 1 aromatic carbocycles. The summed E-state index contributed by atoms with van der Waals surface area (Å²) in [5, 5.41) is 3.12. The third-order valence-corrected chi connectivity index (χ3v) is 4.97. The molecule has 1 heterocycles. The fraction of sp³-hybridized carbons (Fsp3) is 0.632. The smallest absolute Gasteiger partial charge is 0.251 e. The second kappa shape index (κ2) is 7.82. The van der Waals surface area contributed by atoms with Gasteiger partial charge < -0.3 is 15.1 Å². The highest BCUT2D eigenvalue weighted by atomic mass is 16.1. The maximum atomic E-state index is 12.4. The van der Waals surface area contributed by atoms with E-state index in [4.69, 9.17) is 0 Å². The van der Waals surface area contributed by atoms with Gasteiger partial charge in [-0.25, -0.2) is 0 Å². The van der Waals surface area contributed by atoms with Crippen molar-refractivity contribution in [2.24, 2.45) is 11.8 Å². The van der Waals surface area contributed by atoms with Gasteiger partial charge in [-0.3, -0.25) is 4.79 Å². The van der Waals surface area contributed by atoms with Crippen LogP contribution in [0.25, 0.3) is 0 Å². The molecule has 2 rings (SSSR count). The molecule has 0 saturated carbocycles. The summed E-state index contributed by atoms with van der Waals surface area (Å²) in [7, 11) is 4.00. The lowest BCUT2D eigenvalue weighted by Gasteiger charge is -2.36. The third-order valence-electron chi connectivity index (χ3n) is 4.97. The Labute approximate surface area is 140 Å². The zero-order valence-corrected chi connectivity index (χ0v) is 15.2. The van der Waals surface area contributed by atoms with Crippen LogP contribution in [0.4, 0.5) is 5.69 Å². The van der Waals surface area contributed by atoms with E-state index in [9.17, 15) is 4.79 Å². The molecule has 0 aromatic heterocycles. The molecule has 23 heavy (non-hydrogen) atoms. The second-order valence-electron chi connectivity index (χ2n) is 7.32. The summed E-state index contributed by atoms with van der Waals surface area (Å²) in [4.78, 5) is 16.9. The van der Waals surface area contributed by atoms with Crippen LogP contribution in [-0.2, 0) is 0 Å². The van der Waals surface area contributed by atoms with Gasteiger partial charge in [0.05, 0.1) is 0 Å². The highest BCUT2D eigenvalue weighted by molar-refractivity contribution is 5.94. The minimum absolute atomic E-state index is 0.0150. The van der Waals surface area contributed by atoms with E-state index in [0.29, 0.717) is 0 Å². The Bertz CT molecular complexity index is 512. The lowest BCUT2D eigenvalue weighted by Crippen LogP contribution is -2.46. The molecular formula is C19H31N3O. The molecule has 3 atom stereocenters. The van der Waals surface area contributed by atoms with Crippen molar-refractivity contribution < 1.29 is 4.79 Å². The molecule has 4 nitrogen and oxygen atoms in total. The maximum Gasteiger partial charge on any atom is 0.251 e. The molecule has 1 aliphatic rings. The topological polar surface area (TPSA) is 35.6 Å². The molecule has 0 radical (unpaired) electrons. The van der Waals surface area contributed by atoms with E-state index in [2.05, 4.69) is 31.0 Å². The average Bonchev–Trinajstić information content (AvgIpc) is 2.51. The number of carbonyl (C=O) groups is 1. The average molecular weight is 317 g/mol. The fourth-order valence-electron chi connectivity index (χ4n) is 3.17. The Morgan fingerprint density at radius 2 is 1.91 bits per heavy atom. The zero-order chi connectivity index (χ0) is 17.0. The summed E-state index contributed by atoms with van der Waals surface area (Å²) in [6.07, 6.45) is 1.26. The van der Waals surface area contributed by atoms with Gasteiger partial charge >= 0.3 is 0 Å². The highest BCUT2D eigenvalue weighted by Gasteiger charge is 2.24. The van der Waals surface area contributed by atoms with Crippen molar-refractivity contribution in [2.45, 2.75) is 33.2 Å². The first kappa shape index (κ1) is 17.8. The molecule has 1 aromatic rings. The predicted octanol–water partition coefficient (Wildman–Crippen LogP) is 2.85. The number of piperidine rings is 1. The van der Waals surface area contributed by atoms with Crippen molar-refractivity contribution in [1.29, 1.82) is 0 Å². The van der Waals surface area contributed by atoms with Crippen molar-refractivity contribution in [3.63, 3.8) is 0 Å². The summed E-state index contributed by atoms with van der Waals surface area (Å²) in [6.45, 7) is 9.96. The Balaban J connectivity index is 1.84. The van der Waals surface area contributed by atoms with Crippen LogP contribution in [0, 0.1) is 11.8 Å². The van der Waals surface area contributed by atoms with Crippen molar-refractivity contribution in [1.82, 2.24) is 10.2 Å². The summed E-state index contributed by atoms with van der Waals surface area (Å²) < 4.78 is 0. The van der Waals surface area contributed by atoms with Gasteiger partial charge in [-0.2, -0.15) is 0 Å². The third kappa shape index (κ3) is 4.96. The van der Waals surface area contributed by atoms with E-state index in [1.807, 2.05) is 43.3 Å². The van der Waals surface area contributed by atoms with Crippen LogP contribution in [0.1, 0.15) is 37.6 Å². The van der Waals surface area contributed by atoms with Crippen LogP contribution in [0.5, 0.6) is 0 Å². The van der Waals surface area contributed by atoms with Crippen LogP contribution < -0.4 is 10.2 Å². The van der Waals surface area contributed by atoms with Crippen LogP contribution in [0.15, 0.2) is 24.3 Å². The number of nitrogens with zero attached hydrogens (tertiary/aromatic N) is 2. The maximum absolute atomic E-state index is 12.4. The minimum Gasteiger partial charge on any atom is -0.378 e. The number of benzene rings is 1. The first-order valence-electron chi connectivity index (χ1n) is 8.67. The first-order valence-corrected chi connectivity index (χ1v) is 8.67. The Kier molecular flexibility index (Phi) is 6.05. The van der Waals surface area contributed by atoms with Crippen molar-refractivity contribution in [3.8, 4) is 0 Å². The number of hydrogen-bond donors (Lipinski definition) is 1. The number of anilines is 1. The summed E-state index contributed by atoms with van der Waals surface area (Å²) in [6, 6.07) is 7.90. The molecule has 1 saturated heterocycles. The van der Waals surface area contributed by atoms with E-state index < -0.39 is 0 Å². The number of likely N-dealkylation sites (tertiary alicyclic amines) is 1. The summed E-state index contributed by atoms with van der Waals surface area (Å²) in [5.41, 5.74) is 1.83. The van der Waals surface area contributed by atoms with E-state index in [1.54, 1.807) is 0 Å². The van der Waals surface area contributed by atoms with Gasteiger partial charge in [-0.15, -0.1) is 0 Å². The quantitative estimate of drug-likeness (QED) is 0.907. The fourth-order valence-corrected chi connectivity index (χ4v) is 3.17. The molecule has 2 unspecified atom stereocenters. The number of carbonyl (C=O) groups excluding carboxylic acids is 1. The van der Waals surface area contributed by atoms with Crippen LogP contribution in [-0.4, -0.2) is 50.6 Å². The lowest BCUT2D eigenvalue weighted by atomic mass is 9.88. The van der Waals surface area contributed by atoms with E-state index in [-0.39, 0.29) is 11.9 Å². The summed E-state index contributed by atoms with van der Waals surface area (Å²) >= 11 is 0. The number of amides is 1. The van der Waals surface area contributed by atoms with Crippen molar-refractivity contribution in [2.75, 3.05) is 38.6 Å². The standard InChI is InChI=1S/C19H31N3O/c1-14-10-11-22(12-15(14)2)13-16(3)20-19(23)17-6-8-18(9-7-17)21(4)5/h6-9,14-16H,10-13H2,1-5H3,(H,20,23)/t14?,15?,16-/m0/s1. The number of rotatable bonds is 5. The number of nitrogens with one attached hydrogen (secondary N) is 1. The van der Waals surface area contributed by atoms with E-state index >= 15 is 0 Å². The second-order valence-corrected chi connectivity index (χ2v) is 7.32. The monoisotopic (exact) mass is 317 g/mol. The molecule has 0 bridgehead atoms. The predicted molar refractivity (Wildman–Crippen MR) is 97.1 cm³/mol. The molecule has 1 fully saturated rings. The van der Waals surface area contributed by atoms with Gasteiger partial charge in [0.25, 0.3) is 5.91 Å². The van der Waals surface area contributed by atoms with Crippen molar-refractivity contribution in [3.05, 3.63) is 29.8 Å². The Morgan fingerprint density at radius 3 is 2.48 bits per heavy atom. The normalized spacial score (nSPS) is 23.3. The van der Waals surface area contributed by atoms with Crippen LogP contribution in [0.2, 0.25) is 0 Å². The van der Waals surface area contributed by atoms with Crippen molar-refractivity contribution >= 4 is 11.6 Å². The first-order chi connectivity index (χ1) is 10.9. The van der Waals surface area contributed by atoms with Gasteiger partial charge in [0.15, 0.2) is 0 Å². The Hall–Kier alpha value is -1.55. The minimum atomic E-state index is 0.0150. The summed E-state index contributed by atoms with van der Waals surface area (Å²) in [5.74, 6) is 1.57. The van der Waals surface area contributed by atoms with Gasteiger partial charge in [0.2, 0.25) is 0 Å². The van der Waals surface area contributed by atoms with Gasteiger partial charge in [-0.1, -0.05) is 13.8 Å². The lowest BCUT2D eigenvalue weighted by molar-refractivity contribution is 0.0904. The van der Waals surface area contributed by atoms with Gasteiger partial charge in [0.1, 0.15) is 0 Å². The van der Waals surface area contributed by atoms with Crippen LogP contribution >= 0.6 is 0 Å². The Morgan fingerprint density at radius 1 is 1.26 bits per heavy atom. The zero-order valence-electron chi connectivity index (χ0n) is 15.2. The van der Waals surface area contributed by atoms with E-state index in [1.165, 1.54) is 6.42 Å². The molecule has 128 valence electrons. The SMILES string of the molecule is CC1CCN(C[C@H](C)NC(=O)c2ccc(N(C)C)cc2)CC1C. The molecule has 4 heteroatoms. The molecule has 1 aliphatic heterocycles. The highest BCUT2D eigenvalue weighted by Crippen LogP contribution is 2.22.